The molecule has 0 fully saturated rings. The normalized spacial score (nSPS) is 10.6. The molecule has 2 aromatic rings. The monoisotopic (exact) mass is 271 g/mol. The van der Waals surface area contributed by atoms with Gasteiger partial charge in [0.15, 0.2) is 0 Å². The van der Waals surface area contributed by atoms with Crippen molar-refractivity contribution in [3.8, 4) is 0 Å². The Bertz CT molecular complexity index is 587. The van der Waals surface area contributed by atoms with Gasteiger partial charge in [-0.3, -0.25) is 9.48 Å². The fraction of sp³-hybridized carbons (Fsp3) is 0.375. The standard InChI is InChI=1S/C16H21N3O/c1-12-13(2)18-19(14(12)3)10-9-17-16(20)11-15-7-5-4-6-8-15/h4-8H,9-11H2,1-3H3,(H,17,20). The van der Waals surface area contributed by atoms with Crippen LogP contribution in [0.3, 0.4) is 0 Å². The van der Waals surface area contributed by atoms with E-state index in [0.29, 0.717) is 19.5 Å². The lowest BCUT2D eigenvalue weighted by atomic mass is 10.1. The maximum Gasteiger partial charge on any atom is 0.224 e. The zero-order valence-electron chi connectivity index (χ0n) is 12.3. The van der Waals surface area contributed by atoms with E-state index in [9.17, 15) is 4.79 Å². The van der Waals surface area contributed by atoms with E-state index in [2.05, 4.69) is 24.3 Å². The number of hydrogen-bond donors (Lipinski definition) is 1. The van der Waals surface area contributed by atoms with Gasteiger partial charge in [0, 0.05) is 12.2 Å². The predicted molar refractivity (Wildman–Crippen MR) is 79.6 cm³/mol. The summed E-state index contributed by atoms with van der Waals surface area (Å²) in [6.07, 6.45) is 0.428. The van der Waals surface area contributed by atoms with Crippen LogP contribution < -0.4 is 5.32 Å². The minimum Gasteiger partial charge on any atom is -0.354 e. The summed E-state index contributed by atoms with van der Waals surface area (Å²) < 4.78 is 1.95. The van der Waals surface area contributed by atoms with Crippen LogP contribution in [0.25, 0.3) is 0 Å². The Morgan fingerprint density at radius 1 is 1.20 bits per heavy atom. The second kappa shape index (κ2) is 6.37. The molecule has 1 aromatic carbocycles. The van der Waals surface area contributed by atoms with E-state index >= 15 is 0 Å². The third kappa shape index (κ3) is 3.47. The van der Waals surface area contributed by atoms with E-state index in [1.165, 1.54) is 11.3 Å². The molecular formula is C16H21N3O. The molecule has 4 nitrogen and oxygen atoms in total. The van der Waals surface area contributed by atoms with Crippen molar-refractivity contribution in [3.05, 3.63) is 52.8 Å². The SMILES string of the molecule is Cc1nn(CCNC(=O)Cc2ccccc2)c(C)c1C. The van der Waals surface area contributed by atoms with Gasteiger partial charge >= 0.3 is 0 Å². The topological polar surface area (TPSA) is 46.9 Å². The highest BCUT2D eigenvalue weighted by atomic mass is 16.1. The van der Waals surface area contributed by atoms with Crippen LogP contribution in [0.5, 0.6) is 0 Å². The zero-order valence-corrected chi connectivity index (χ0v) is 12.3. The molecule has 0 saturated carbocycles. The van der Waals surface area contributed by atoms with Crippen LogP contribution in [0.4, 0.5) is 0 Å². The Kier molecular flexibility index (Phi) is 4.56. The van der Waals surface area contributed by atoms with Crippen molar-refractivity contribution in [1.82, 2.24) is 15.1 Å². The van der Waals surface area contributed by atoms with Crippen LogP contribution in [0.15, 0.2) is 30.3 Å². The van der Waals surface area contributed by atoms with E-state index in [1.807, 2.05) is 41.9 Å². The molecule has 0 spiro atoms. The highest BCUT2D eigenvalue weighted by Gasteiger charge is 2.07. The molecule has 0 saturated heterocycles. The summed E-state index contributed by atoms with van der Waals surface area (Å²) in [7, 11) is 0. The smallest absolute Gasteiger partial charge is 0.224 e. The number of amides is 1. The number of carbonyl (C=O) groups is 1. The van der Waals surface area contributed by atoms with Gasteiger partial charge in [-0.2, -0.15) is 5.10 Å². The maximum absolute atomic E-state index is 11.8. The lowest BCUT2D eigenvalue weighted by Gasteiger charge is -2.07. The summed E-state index contributed by atoms with van der Waals surface area (Å²) in [5.74, 6) is 0.0504. The molecule has 4 heteroatoms. The van der Waals surface area contributed by atoms with Crippen molar-refractivity contribution in [2.45, 2.75) is 33.7 Å². The fourth-order valence-corrected chi connectivity index (χ4v) is 2.15. The summed E-state index contributed by atoms with van der Waals surface area (Å²) in [5, 5.41) is 7.39. The quantitative estimate of drug-likeness (QED) is 0.906. The van der Waals surface area contributed by atoms with Crippen molar-refractivity contribution in [2.24, 2.45) is 0 Å². The van der Waals surface area contributed by atoms with Gasteiger partial charge in [-0.15, -0.1) is 0 Å². The number of rotatable bonds is 5. The molecule has 0 unspecified atom stereocenters. The van der Waals surface area contributed by atoms with Crippen molar-refractivity contribution in [2.75, 3.05) is 6.54 Å². The van der Waals surface area contributed by atoms with E-state index in [1.54, 1.807) is 0 Å². The lowest BCUT2D eigenvalue weighted by Crippen LogP contribution is -2.29. The van der Waals surface area contributed by atoms with Crippen molar-refractivity contribution >= 4 is 5.91 Å². The number of hydrogen-bond acceptors (Lipinski definition) is 2. The summed E-state index contributed by atoms with van der Waals surface area (Å²) in [4.78, 5) is 11.8. The number of nitrogens with one attached hydrogen (secondary N) is 1. The average Bonchev–Trinajstić information content (AvgIpc) is 2.67. The van der Waals surface area contributed by atoms with Gasteiger partial charge in [0.05, 0.1) is 18.7 Å². The van der Waals surface area contributed by atoms with Crippen LogP contribution in [0, 0.1) is 20.8 Å². The molecule has 106 valence electrons. The van der Waals surface area contributed by atoms with Crippen LogP contribution in [-0.2, 0) is 17.8 Å². The summed E-state index contributed by atoms with van der Waals surface area (Å²) in [6, 6.07) is 9.77. The number of benzene rings is 1. The van der Waals surface area contributed by atoms with E-state index < -0.39 is 0 Å². The Hall–Kier alpha value is -2.10. The van der Waals surface area contributed by atoms with Gasteiger partial charge in [0.25, 0.3) is 0 Å². The molecule has 0 bridgehead atoms. The molecule has 1 aromatic heterocycles. The zero-order chi connectivity index (χ0) is 14.5. The highest BCUT2D eigenvalue weighted by molar-refractivity contribution is 5.78. The largest absolute Gasteiger partial charge is 0.354 e. The molecule has 0 aliphatic rings. The molecule has 2 rings (SSSR count). The number of carbonyl (C=O) groups excluding carboxylic acids is 1. The second-order valence-electron chi connectivity index (χ2n) is 5.03. The first-order chi connectivity index (χ1) is 9.58. The van der Waals surface area contributed by atoms with E-state index in [-0.39, 0.29) is 5.91 Å². The van der Waals surface area contributed by atoms with Gasteiger partial charge in [0.1, 0.15) is 0 Å². The van der Waals surface area contributed by atoms with Crippen molar-refractivity contribution in [3.63, 3.8) is 0 Å². The number of nitrogens with zero attached hydrogens (tertiary/aromatic N) is 2. The minimum atomic E-state index is 0.0504. The predicted octanol–water partition coefficient (Wildman–Crippen LogP) is 2.17. The first-order valence-electron chi connectivity index (χ1n) is 6.89. The lowest BCUT2D eigenvalue weighted by molar-refractivity contribution is -0.120. The fourth-order valence-electron chi connectivity index (χ4n) is 2.15. The third-order valence-electron chi connectivity index (χ3n) is 3.60. The van der Waals surface area contributed by atoms with Crippen molar-refractivity contribution in [1.29, 1.82) is 0 Å². The van der Waals surface area contributed by atoms with Gasteiger partial charge in [-0.25, -0.2) is 0 Å². The van der Waals surface area contributed by atoms with E-state index in [0.717, 1.165) is 11.3 Å². The maximum atomic E-state index is 11.8. The Morgan fingerprint density at radius 2 is 1.90 bits per heavy atom. The Balaban J connectivity index is 1.81. The van der Waals surface area contributed by atoms with Crippen LogP contribution in [0.1, 0.15) is 22.5 Å². The minimum absolute atomic E-state index is 0.0504. The number of aryl methyl sites for hydroxylation is 1. The second-order valence-corrected chi connectivity index (χ2v) is 5.03. The van der Waals surface area contributed by atoms with Crippen LogP contribution >= 0.6 is 0 Å². The molecule has 0 radical (unpaired) electrons. The Labute approximate surface area is 119 Å². The van der Waals surface area contributed by atoms with Gasteiger partial charge in [-0.1, -0.05) is 30.3 Å². The molecule has 1 heterocycles. The molecule has 0 atom stereocenters. The highest BCUT2D eigenvalue weighted by Crippen LogP contribution is 2.10. The molecular weight excluding hydrogens is 250 g/mol. The number of aromatic nitrogens is 2. The van der Waals surface area contributed by atoms with Crippen LogP contribution in [0.2, 0.25) is 0 Å². The molecule has 0 aliphatic heterocycles. The van der Waals surface area contributed by atoms with Crippen LogP contribution in [-0.4, -0.2) is 22.2 Å². The van der Waals surface area contributed by atoms with E-state index in [4.69, 9.17) is 0 Å². The van der Waals surface area contributed by atoms with Crippen molar-refractivity contribution < 1.29 is 4.79 Å². The van der Waals surface area contributed by atoms with Gasteiger partial charge in [-0.05, 0) is 31.9 Å². The molecule has 0 aliphatic carbocycles. The molecule has 1 amide bonds. The summed E-state index contributed by atoms with van der Waals surface area (Å²) >= 11 is 0. The van der Waals surface area contributed by atoms with Gasteiger partial charge in [0.2, 0.25) is 5.91 Å². The third-order valence-corrected chi connectivity index (χ3v) is 3.60. The summed E-state index contributed by atoms with van der Waals surface area (Å²) in [6.45, 7) is 7.45. The average molecular weight is 271 g/mol. The molecule has 20 heavy (non-hydrogen) atoms. The molecule has 1 N–H and O–H groups in total. The Morgan fingerprint density at radius 3 is 2.50 bits per heavy atom. The first-order valence-corrected chi connectivity index (χ1v) is 6.89. The summed E-state index contributed by atoms with van der Waals surface area (Å²) in [5.41, 5.74) is 4.48. The first kappa shape index (κ1) is 14.3. The van der Waals surface area contributed by atoms with Gasteiger partial charge < -0.3 is 5.32 Å².